The minimum Gasteiger partial charge on any atom is -0.493 e. The van der Waals surface area contributed by atoms with E-state index in [9.17, 15) is 18.5 Å². The van der Waals surface area contributed by atoms with E-state index in [0.29, 0.717) is 22.8 Å². The zero-order chi connectivity index (χ0) is 23.2. The number of rotatable bonds is 10. The quantitative estimate of drug-likeness (QED) is 0.334. The van der Waals surface area contributed by atoms with Crippen molar-refractivity contribution in [1.82, 2.24) is 4.31 Å². The van der Waals surface area contributed by atoms with Gasteiger partial charge in [0.15, 0.2) is 11.5 Å². The van der Waals surface area contributed by atoms with Gasteiger partial charge in [0.1, 0.15) is 5.69 Å². The number of anilines is 1. The van der Waals surface area contributed by atoms with E-state index < -0.39 is 20.6 Å². The minimum absolute atomic E-state index is 0.0725. The van der Waals surface area contributed by atoms with E-state index in [4.69, 9.17) is 9.47 Å². The number of hydrogen-bond donors (Lipinski definition) is 1. The van der Waals surface area contributed by atoms with Crippen molar-refractivity contribution < 1.29 is 22.8 Å². The first-order valence-corrected chi connectivity index (χ1v) is 10.9. The van der Waals surface area contributed by atoms with Crippen molar-refractivity contribution in [3.63, 3.8) is 0 Å². The van der Waals surface area contributed by atoms with E-state index in [2.05, 4.69) is 10.5 Å². The van der Waals surface area contributed by atoms with Crippen LogP contribution in [0.2, 0.25) is 0 Å². The van der Waals surface area contributed by atoms with Crippen LogP contribution in [0.5, 0.6) is 11.5 Å². The van der Waals surface area contributed by atoms with Gasteiger partial charge in [-0.25, -0.2) is 8.42 Å². The summed E-state index contributed by atoms with van der Waals surface area (Å²) in [6, 6.07) is 8.92. The van der Waals surface area contributed by atoms with Gasteiger partial charge in [-0.15, -0.1) is 0 Å². The molecule has 0 amide bonds. The number of nitro groups is 1. The molecule has 31 heavy (non-hydrogen) atoms. The fourth-order valence-corrected chi connectivity index (χ4v) is 4.38. The number of ether oxygens (including phenoxy) is 2. The highest BCUT2D eigenvalue weighted by Gasteiger charge is 2.25. The van der Waals surface area contributed by atoms with Crippen LogP contribution in [0.1, 0.15) is 26.3 Å². The maximum atomic E-state index is 12.7. The van der Waals surface area contributed by atoms with Gasteiger partial charge in [0.05, 0.1) is 29.8 Å². The van der Waals surface area contributed by atoms with Gasteiger partial charge in [-0.2, -0.15) is 9.41 Å². The summed E-state index contributed by atoms with van der Waals surface area (Å²) in [5, 5.41) is 15.8. The lowest BCUT2D eigenvalue weighted by atomic mass is 10.1. The monoisotopic (exact) mass is 450 g/mol. The molecule has 0 heterocycles. The first-order valence-electron chi connectivity index (χ1n) is 9.50. The van der Waals surface area contributed by atoms with Crippen molar-refractivity contribution in [2.45, 2.75) is 25.7 Å². The second-order valence-corrected chi connectivity index (χ2v) is 8.34. The molecule has 0 aliphatic rings. The Kier molecular flexibility index (Phi) is 7.95. The molecule has 0 unspecified atom stereocenters. The van der Waals surface area contributed by atoms with E-state index >= 15 is 0 Å². The summed E-state index contributed by atoms with van der Waals surface area (Å²) >= 11 is 0. The van der Waals surface area contributed by atoms with Crippen LogP contribution < -0.4 is 14.9 Å². The standard InChI is InChI=1S/C20H26N4O6S/c1-6-23(7-2)31(27,28)16-9-10-17(18(13-16)24(25)26)22-21-14(3)15-8-11-19(29-4)20(12-15)30-5/h8-13,22H,6-7H2,1-5H3/b21-14+. The summed E-state index contributed by atoms with van der Waals surface area (Å²) in [6.07, 6.45) is 0. The fraction of sp³-hybridized carbons (Fsp3) is 0.350. The molecule has 1 N–H and O–H groups in total. The van der Waals surface area contributed by atoms with E-state index in [1.807, 2.05) is 0 Å². The highest BCUT2D eigenvalue weighted by Crippen LogP contribution is 2.30. The lowest BCUT2D eigenvalue weighted by Crippen LogP contribution is -2.30. The topological polar surface area (TPSA) is 123 Å². The van der Waals surface area contributed by atoms with Crippen LogP contribution in [0.3, 0.4) is 0 Å². The molecular weight excluding hydrogens is 424 g/mol. The highest BCUT2D eigenvalue weighted by molar-refractivity contribution is 7.89. The molecule has 0 saturated heterocycles. The van der Waals surface area contributed by atoms with Gasteiger partial charge in [-0.3, -0.25) is 15.5 Å². The third-order valence-corrected chi connectivity index (χ3v) is 6.70. The molecule has 0 aromatic heterocycles. The Labute approximate surface area is 181 Å². The molecule has 0 bridgehead atoms. The molecule has 0 aliphatic carbocycles. The van der Waals surface area contributed by atoms with Crippen LogP contribution in [-0.2, 0) is 10.0 Å². The lowest BCUT2D eigenvalue weighted by molar-refractivity contribution is -0.384. The third-order valence-electron chi connectivity index (χ3n) is 4.65. The van der Waals surface area contributed by atoms with Crippen molar-refractivity contribution >= 4 is 27.1 Å². The SMILES string of the molecule is CCN(CC)S(=O)(=O)c1ccc(N/N=C(\C)c2ccc(OC)c(OC)c2)c([N+](=O)[O-])c1. The molecule has 0 atom stereocenters. The minimum atomic E-state index is -3.82. The number of nitrogens with one attached hydrogen (secondary N) is 1. The first-order chi connectivity index (χ1) is 14.7. The van der Waals surface area contributed by atoms with Gasteiger partial charge in [0.2, 0.25) is 10.0 Å². The number of hydrogen-bond acceptors (Lipinski definition) is 8. The molecule has 0 aliphatic heterocycles. The Hall–Kier alpha value is -3.18. The van der Waals surface area contributed by atoms with Crippen molar-refractivity contribution in [1.29, 1.82) is 0 Å². The third kappa shape index (κ3) is 5.30. The van der Waals surface area contributed by atoms with Crippen LogP contribution in [0.4, 0.5) is 11.4 Å². The Bertz CT molecular complexity index is 1080. The first kappa shape index (κ1) is 24.1. The Morgan fingerprint density at radius 1 is 1.10 bits per heavy atom. The number of sulfonamides is 1. The Morgan fingerprint density at radius 3 is 2.29 bits per heavy atom. The summed E-state index contributed by atoms with van der Waals surface area (Å²) in [5.41, 5.74) is 3.59. The molecule has 168 valence electrons. The van der Waals surface area contributed by atoms with E-state index in [0.717, 1.165) is 6.07 Å². The van der Waals surface area contributed by atoms with Crippen molar-refractivity contribution in [2.24, 2.45) is 5.10 Å². The fourth-order valence-electron chi connectivity index (χ4n) is 2.90. The number of methoxy groups -OCH3 is 2. The Morgan fingerprint density at radius 2 is 1.74 bits per heavy atom. The van der Waals surface area contributed by atoms with Crippen molar-refractivity contribution in [3.05, 3.63) is 52.1 Å². The van der Waals surface area contributed by atoms with Crippen LogP contribution >= 0.6 is 0 Å². The molecule has 2 aromatic rings. The number of nitro benzene ring substituents is 1. The summed E-state index contributed by atoms with van der Waals surface area (Å²) in [4.78, 5) is 10.8. The molecule has 0 spiro atoms. The van der Waals surface area contributed by atoms with E-state index in [-0.39, 0.29) is 23.7 Å². The van der Waals surface area contributed by atoms with Gasteiger partial charge in [0.25, 0.3) is 5.69 Å². The van der Waals surface area contributed by atoms with Crippen molar-refractivity contribution in [3.8, 4) is 11.5 Å². The predicted octanol–water partition coefficient (Wildman–Crippen LogP) is 3.48. The summed E-state index contributed by atoms with van der Waals surface area (Å²) in [5.74, 6) is 1.08. The molecular formula is C20H26N4O6S. The molecule has 10 nitrogen and oxygen atoms in total. The van der Waals surface area contributed by atoms with Crippen LogP contribution in [0, 0.1) is 10.1 Å². The highest BCUT2D eigenvalue weighted by atomic mass is 32.2. The molecule has 2 aromatic carbocycles. The largest absolute Gasteiger partial charge is 0.493 e. The summed E-state index contributed by atoms with van der Waals surface area (Å²) in [7, 11) is -0.775. The molecule has 0 fully saturated rings. The molecule has 2 rings (SSSR count). The average Bonchev–Trinajstić information content (AvgIpc) is 2.77. The van der Waals surface area contributed by atoms with E-state index in [1.165, 1.54) is 30.7 Å². The number of nitrogens with zero attached hydrogens (tertiary/aromatic N) is 3. The smallest absolute Gasteiger partial charge is 0.295 e. The zero-order valence-electron chi connectivity index (χ0n) is 18.1. The molecule has 0 saturated carbocycles. The van der Waals surface area contributed by atoms with E-state index in [1.54, 1.807) is 39.0 Å². The summed E-state index contributed by atoms with van der Waals surface area (Å²) < 4.78 is 37.1. The van der Waals surface area contributed by atoms with Gasteiger partial charge < -0.3 is 9.47 Å². The number of benzene rings is 2. The zero-order valence-corrected chi connectivity index (χ0v) is 18.9. The van der Waals surface area contributed by atoms with Crippen LogP contribution in [0.25, 0.3) is 0 Å². The lowest BCUT2D eigenvalue weighted by Gasteiger charge is -2.18. The van der Waals surface area contributed by atoms with Gasteiger partial charge >= 0.3 is 0 Å². The second-order valence-electron chi connectivity index (χ2n) is 6.40. The second kappa shape index (κ2) is 10.2. The maximum Gasteiger partial charge on any atom is 0.295 e. The Balaban J connectivity index is 2.38. The van der Waals surface area contributed by atoms with Crippen molar-refractivity contribution in [2.75, 3.05) is 32.7 Å². The number of hydrazone groups is 1. The van der Waals surface area contributed by atoms with Crippen LogP contribution in [0.15, 0.2) is 46.4 Å². The van der Waals surface area contributed by atoms with Crippen LogP contribution in [-0.4, -0.2) is 50.7 Å². The maximum absolute atomic E-state index is 12.7. The predicted molar refractivity (Wildman–Crippen MR) is 119 cm³/mol. The average molecular weight is 451 g/mol. The molecule has 11 heteroatoms. The normalized spacial score (nSPS) is 12.0. The van der Waals surface area contributed by atoms with Gasteiger partial charge in [0, 0.05) is 24.7 Å². The van der Waals surface area contributed by atoms with Gasteiger partial charge in [-0.1, -0.05) is 13.8 Å². The van der Waals surface area contributed by atoms with Gasteiger partial charge in [-0.05, 0) is 37.3 Å². The molecule has 0 radical (unpaired) electrons. The summed E-state index contributed by atoms with van der Waals surface area (Å²) in [6.45, 7) is 5.66.